The standard InChI is InChI=1S/C23H29N3O.C12H17NO/c1-4-6-21-23-16(3)15-25(22(27)5-2)14-13-20(23)24-26(21)19-11-9-18(10-12-19)17-7-8-17;1-4-12(14)10-5-6-11(13-8-10)7-9(2)3/h5,9-12,16-17H,2,4,6-8,13-15H2,1,3H3;5-6,8-9H,4,7H2,1-3H3. The fraction of sp³-hybridized carbons (Fsp3) is 0.486. The van der Waals surface area contributed by atoms with Gasteiger partial charge in [-0.1, -0.05) is 59.8 Å². The highest BCUT2D eigenvalue weighted by atomic mass is 16.2. The summed E-state index contributed by atoms with van der Waals surface area (Å²) in [5, 5.41) is 5.01. The van der Waals surface area contributed by atoms with E-state index in [-0.39, 0.29) is 17.6 Å². The van der Waals surface area contributed by atoms with Gasteiger partial charge >= 0.3 is 0 Å². The number of pyridine rings is 1. The van der Waals surface area contributed by atoms with Gasteiger partial charge in [-0.15, -0.1) is 0 Å². The van der Waals surface area contributed by atoms with Crippen LogP contribution in [0.5, 0.6) is 0 Å². The van der Waals surface area contributed by atoms with E-state index in [1.807, 2.05) is 24.0 Å². The zero-order valence-corrected chi connectivity index (χ0v) is 25.5. The predicted molar refractivity (Wildman–Crippen MR) is 166 cm³/mol. The lowest BCUT2D eigenvalue weighted by Gasteiger charge is -2.22. The summed E-state index contributed by atoms with van der Waals surface area (Å²) in [5.41, 5.74) is 8.21. The molecule has 0 saturated heterocycles. The second-order valence-corrected chi connectivity index (χ2v) is 11.9. The van der Waals surface area contributed by atoms with E-state index in [1.54, 1.807) is 6.20 Å². The Bertz CT molecular complexity index is 1330. The second kappa shape index (κ2) is 13.9. The molecule has 1 fully saturated rings. The third kappa shape index (κ3) is 7.60. The Balaban J connectivity index is 0.000000234. The van der Waals surface area contributed by atoms with Crippen molar-refractivity contribution in [1.82, 2.24) is 19.7 Å². The Morgan fingerprint density at radius 2 is 1.83 bits per heavy atom. The summed E-state index contributed by atoms with van der Waals surface area (Å²) in [4.78, 5) is 29.6. The van der Waals surface area contributed by atoms with E-state index in [2.05, 4.69) is 68.2 Å². The number of Topliss-reactive ketones (excluding diaryl/α,β-unsaturated/α-hetero) is 1. The average molecular weight is 555 g/mol. The van der Waals surface area contributed by atoms with Gasteiger partial charge in [-0.3, -0.25) is 14.6 Å². The summed E-state index contributed by atoms with van der Waals surface area (Å²) >= 11 is 0. The normalized spacial score (nSPS) is 16.4. The summed E-state index contributed by atoms with van der Waals surface area (Å²) in [6.45, 7) is 15.7. The minimum absolute atomic E-state index is 0.0209. The lowest BCUT2D eigenvalue weighted by molar-refractivity contribution is -0.126. The molecule has 2 aliphatic rings. The van der Waals surface area contributed by atoms with E-state index in [0.717, 1.165) is 60.8 Å². The number of carbonyl (C=O) groups excluding carboxylic acids is 2. The maximum absolute atomic E-state index is 12.1. The Kier molecular flexibility index (Phi) is 10.3. The van der Waals surface area contributed by atoms with Gasteiger partial charge in [-0.2, -0.15) is 5.10 Å². The molecular weight excluding hydrogens is 508 g/mol. The van der Waals surface area contributed by atoms with Crippen LogP contribution in [0, 0.1) is 5.92 Å². The fourth-order valence-corrected chi connectivity index (χ4v) is 5.68. The number of hydrogen-bond acceptors (Lipinski definition) is 4. The molecule has 1 amide bonds. The van der Waals surface area contributed by atoms with E-state index in [9.17, 15) is 9.59 Å². The number of carbonyl (C=O) groups is 2. The van der Waals surface area contributed by atoms with Crippen molar-refractivity contribution in [1.29, 1.82) is 0 Å². The quantitative estimate of drug-likeness (QED) is 0.206. The van der Waals surface area contributed by atoms with Crippen molar-refractivity contribution in [3.8, 4) is 5.69 Å². The van der Waals surface area contributed by atoms with Crippen LogP contribution in [-0.2, 0) is 24.1 Å². The van der Waals surface area contributed by atoms with E-state index in [1.165, 1.54) is 35.7 Å². The third-order valence-corrected chi connectivity index (χ3v) is 7.95. The predicted octanol–water partition coefficient (Wildman–Crippen LogP) is 7.25. The van der Waals surface area contributed by atoms with Gasteiger partial charge in [0.25, 0.3) is 0 Å². The molecule has 6 nitrogen and oxygen atoms in total. The molecule has 0 N–H and O–H groups in total. The second-order valence-electron chi connectivity index (χ2n) is 11.9. The zero-order valence-electron chi connectivity index (χ0n) is 25.5. The van der Waals surface area contributed by atoms with Crippen molar-refractivity contribution in [2.75, 3.05) is 13.1 Å². The first-order valence-electron chi connectivity index (χ1n) is 15.4. The number of ketones is 1. The molecule has 1 atom stereocenters. The minimum Gasteiger partial charge on any atom is -0.338 e. The van der Waals surface area contributed by atoms with Crippen LogP contribution in [-0.4, -0.2) is 44.4 Å². The number of fused-ring (bicyclic) bond motifs is 1. The van der Waals surface area contributed by atoms with Crippen LogP contribution < -0.4 is 0 Å². The van der Waals surface area contributed by atoms with E-state index in [4.69, 9.17) is 5.10 Å². The molecule has 1 unspecified atom stereocenters. The molecule has 0 radical (unpaired) electrons. The molecule has 2 aromatic heterocycles. The molecule has 1 saturated carbocycles. The molecule has 1 aliphatic carbocycles. The monoisotopic (exact) mass is 554 g/mol. The van der Waals surface area contributed by atoms with Crippen molar-refractivity contribution in [3.63, 3.8) is 0 Å². The molecule has 3 aromatic rings. The molecule has 0 bridgehead atoms. The molecule has 0 spiro atoms. The number of hydrogen-bond donors (Lipinski definition) is 0. The summed E-state index contributed by atoms with van der Waals surface area (Å²) in [7, 11) is 0. The molecule has 6 heteroatoms. The maximum atomic E-state index is 12.1. The van der Waals surface area contributed by atoms with Gasteiger partial charge in [-0.25, -0.2) is 4.68 Å². The zero-order chi connectivity index (χ0) is 29.5. The minimum atomic E-state index is 0.0209. The molecular formula is C35H46N4O2. The van der Waals surface area contributed by atoms with Gasteiger partial charge in [0.2, 0.25) is 5.91 Å². The molecule has 41 heavy (non-hydrogen) atoms. The molecule has 1 aromatic carbocycles. The highest BCUT2D eigenvalue weighted by Gasteiger charge is 2.29. The Morgan fingerprint density at radius 1 is 1.10 bits per heavy atom. The smallest absolute Gasteiger partial charge is 0.245 e. The lowest BCUT2D eigenvalue weighted by Crippen LogP contribution is -2.33. The van der Waals surface area contributed by atoms with Crippen molar-refractivity contribution < 1.29 is 9.59 Å². The molecule has 1 aliphatic heterocycles. The number of aromatic nitrogens is 3. The Labute approximate surface area is 245 Å². The first-order chi connectivity index (χ1) is 19.7. The number of benzene rings is 1. The largest absolute Gasteiger partial charge is 0.338 e. The first-order valence-corrected chi connectivity index (χ1v) is 15.4. The van der Waals surface area contributed by atoms with Gasteiger partial charge in [0, 0.05) is 60.6 Å². The lowest BCUT2D eigenvalue weighted by atomic mass is 9.96. The van der Waals surface area contributed by atoms with E-state index >= 15 is 0 Å². The highest BCUT2D eigenvalue weighted by molar-refractivity contribution is 5.95. The molecule has 3 heterocycles. The summed E-state index contributed by atoms with van der Waals surface area (Å²) < 4.78 is 2.16. The van der Waals surface area contributed by atoms with Crippen LogP contribution in [0.25, 0.3) is 5.69 Å². The van der Waals surface area contributed by atoms with Gasteiger partial charge in [0.1, 0.15) is 0 Å². The number of rotatable bonds is 9. The molecule has 218 valence electrons. The Morgan fingerprint density at radius 3 is 2.39 bits per heavy atom. The highest BCUT2D eigenvalue weighted by Crippen LogP contribution is 2.40. The van der Waals surface area contributed by atoms with Crippen LogP contribution in [0.2, 0.25) is 0 Å². The topological polar surface area (TPSA) is 68.1 Å². The van der Waals surface area contributed by atoms with Crippen LogP contribution in [0.4, 0.5) is 0 Å². The number of nitrogens with zero attached hydrogens (tertiary/aromatic N) is 4. The van der Waals surface area contributed by atoms with Crippen molar-refractivity contribution in [2.45, 2.75) is 91.4 Å². The van der Waals surface area contributed by atoms with Crippen LogP contribution in [0.1, 0.15) is 111 Å². The van der Waals surface area contributed by atoms with Crippen molar-refractivity contribution in [3.05, 3.63) is 89.0 Å². The Hall–Kier alpha value is -3.54. The number of amides is 1. The van der Waals surface area contributed by atoms with Gasteiger partial charge in [-0.05, 0) is 73.4 Å². The van der Waals surface area contributed by atoms with Crippen LogP contribution >= 0.6 is 0 Å². The maximum Gasteiger partial charge on any atom is 0.245 e. The summed E-state index contributed by atoms with van der Waals surface area (Å²) in [5.74, 6) is 1.85. The SMILES string of the molecule is C=CC(=O)N1CCc2nn(-c3ccc(C4CC4)cc3)c(CCC)c2C(C)C1.CCC(=O)c1ccc(CC(C)C)nc1. The summed E-state index contributed by atoms with van der Waals surface area (Å²) in [6, 6.07) is 12.8. The van der Waals surface area contributed by atoms with Crippen molar-refractivity contribution in [2.24, 2.45) is 5.92 Å². The van der Waals surface area contributed by atoms with E-state index in [0.29, 0.717) is 18.9 Å². The molecule has 5 rings (SSSR count). The van der Waals surface area contributed by atoms with Gasteiger partial charge < -0.3 is 4.90 Å². The third-order valence-electron chi connectivity index (χ3n) is 7.95. The average Bonchev–Trinajstić information content (AvgIpc) is 3.78. The summed E-state index contributed by atoms with van der Waals surface area (Å²) in [6.07, 6.45) is 10.2. The van der Waals surface area contributed by atoms with Crippen LogP contribution in [0.3, 0.4) is 0 Å². The fourth-order valence-electron chi connectivity index (χ4n) is 5.68. The first kappa shape index (κ1) is 30.4. The van der Waals surface area contributed by atoms with Crippen molar-refractivity contribution >= 4 is 11.7 Å². The van der Waals surface area contributed by atoms with E-state index < -0.39 is 0 Å². The van der Waals surface area contributed by atoms with Gasteiger partial charge in [0.05, 0.1) is 11.4 Å². The van der Waals surface area contributed by atoms with Crippen LogP contribution in [0.15, 0.2) is 55.3 Å². The van der Waals surface area contributed by atoms with Gasteiger partial charge in [0.15, 0.2) is 5.78 Å².